The highest BCUT2D eigenvalue weighted by molar-refractivity contribution is 7.51. The number of hydrogen-bond donors (Lipinski definition) is 4. The van der Waals surface area contributed by atoms with Crippen LogP contribution >= 0.6 is 7.60 Å². The normalized spacial score (nSPS) is 23.0. The van der Waals surface area contributed by atoms with Crippen LogP contribution in [0.5, 0.6) is 0 Å². The number of aromatic nitrogens is 4. The molecule has 0 unspecified atom stereocenters. The molecule has 1 aliphatic rings. The van der Waals surface area contributed by atoms with Gasteiger partial charge < -0.3 is 24.8 Å². The molecule has 114 valence electrons. The number of H-pyrrole nitrogens is 1. The van der Waals surface area contributed by atoms with E-state index in [4.69, 9.17) is 14.5 Å². The van der Waals surface area contributed by atoms with Crippen molar-refractivity contribution in [3.05, 3.63) is 23.0 Å². The molecule has 0 amide bonds. The third-order valence-corrected chi connectivity index (χ3v) is 3.80. The van der Waals surface area contributed by atoms with Gasteiger partial charge in [0.15, 0.2) is 11.2 Å². The van der Waals surface area contributed by atoms with Crippen molar-refractivity contribution in [3.63, 3.8) is 0 Å². The van der Waals surface area contributed by atoms with Crippen LogP contribution in [0.1, 0.15) is 6.04 Å². The minimum absolute atomic E-state index is 0.290. The van der Waals surface area contributed by atoms with Crippen molar-refractivity contribution in [3.8, 4) is 0 Å². The van der Waals surface area contributed by atoms with Crippen LogP contribution in [0.25, 0.3) is 11.2 Å². The summed E-state index contributed by atoms with van der Waals surface area (Å²) in [5, 5.41) is 3.03. The molecule has 11 heteroatoms. The summed E-state index contributed by atoms with van der Waals surface area (Å²) >= 11 is 0. The Morgan fingerprint density at radius 2 is 2.24 bits per heavy atom. The molecule has 1 saturated heterocycles. The lowest BCUT2D eigenvalue weighted by Gasteiger charge is -2.21. The number of imidazole rings is 1. The van der Waals surface area contributed by atoms with E-state index in [1.165, 1.54) is 17.2 Å². The van der Waals surface area contributed by atoms with Gasteiger partial charge in [0.2, 0.25) is 0 Å². The van der Waals surface area contributed by atoms with Crippen molar-refractivity contribution < 1.29 is 19.1 Å². The van der Waals surface area contributed by atoms with E-state index in [9.17, 15) is 9.36 Å². The fourth-order valence-electron chi connectivity index (χ4n) is 2.36. The Balaban J connectivity index is 1.88. The van der Waals surface area contributed by atoms with Crippen LogP contribution in [0.15, 0.2) is 17.4 Å². The van der Waals surface area contributed by atoms with Crippen molar-refractivity contribution in [2.24, 2.45) is 0 Å². The first-order chi connectivity index (χ1) is 9.96. The van der Waals surface area contributed by atoms with Crippen molar-refractivity contribution in [2.75, 3.05) is 19.4 Å². The second-order valence-corrected chi connectivity index (χ2v) is 6.37. The maximum atomic E-state index is 12.3. The summed E-state index contributed by atoms with van der Waals surface area (Å²) in [5.41, 5.74) is 0.323. The van der Waals surface area contributed by atoms with E-state index in [-0.39, 0.29) is 17.1 Å². The maximum Gasteiger partial charge on any atom is 0.350 e. The third kappa shape index (κ3) is 2.89. The number of ether oxygens (including phenoxy) is 1. The van der Waals surface area contributed by atoms with Gasteiger partial charge in [-0.1, -0.05) is 0 Å². The molecule has 4 N–H and O–H groups in total. The van der Waals surface area contributed by atoms with E-state index < -0.39 is 20.0 Å². The summed E-state index contributed by atoms with van der Waals surface area (Å²) in [7, 11) is -4.25. The van der Waals surface area contributed by atoms with Gasteiger partial charge in [0.05, 0.1) is 18.5 Å². The molecular formula is C10H14N5O5P. The smallest absolute Gasteiger partial charge is 0.350 e. The molecule has 0 saturated carbocycles. The number of aromatic amines is 1. The Morgan fingerprint density at radius 1 is 1.43 bits per heavy atom. The molecule has 0 bridgehead atoms. The zero-order valence-electron chi connectivity index (χ0n) is 10.8. The summed E-state index contributed by atoms with van der Waals surface area (Å²) in [4.78, 5) is 40.8. The van der Waals surface area contributed by atoms with Gasteiger partial charge in [0, 0.05) is 13.1 Å². The summed E-state index contributed by atoms with van der Waals surface area (Å²) in [5.74, 6) is 0. The zero-order chi connectivity index (χ0) is 15.0. The van der Waals surface area contributed by atoms with E-state index >= 15 is 0 Å². The summed E-state index contributed by atoms with van der Waals surface area (Å²) in [6, 6.07) is -0.385. The van der Waals surface area contributed by atoms with Crippen molar-refractivity contribution in [1.82, 2.24) is 24.8 Å². The fraction of sp³-hybridized carbons (Fsp3) is 0.500. The molecule has 0 radical (unpaired) electrons. The number of nitrogens with zero attached hydrogens (tertiary/aromatic N) is 3. The van der Waals surface area contributed by atoms with Gasteiger partial charge in [-0.3, -0.25) is 13.9 Å². The largest absolute Gasteiger partial charge is 0.362 e. The lowest BCUT2D eigenvalue weighted by molar-refractivity contribution is 0.0606. The molecule has 0 aliphatic carbocycles. The minimum atomic E-state index is -4.25. The Hall–Kier alpha value is -1.58. The highest BCUT2D eigenvalue weighted by Gasteiger charge is 2.32. The van der Waals surface area contributed by atoms with Gasteiger partial charge in [-0.2, -0.15) is 0 Å². The number of fused-ring (bicyclic) bond motifs is 1. The SMILES string of the molecule is O=c1c2[nH]cnc2ncn1[C@@H]1CNC[C@@H]1OCP(=O)(O)O. The van der Waals surface area contributed by atoms with Crippen LogP contribution < -0.4 is 10.9 Å². The lowest BCUT2D eigenvalue weighted by atomic mass is 10.2. The van der Waals surface area contributed by atoms with Crippen LogP contribution in [-0.4, -0.2) is 54.8 Å². The van der Waals surface area contributed by atoms with Crippen LogP contribution in [0, 0.1) is 0 Å². The van der Waals surface area contributed by atoms with Gasteiger partial charge in [-0.25, -0.2) is 9.97 Å². The van der Waals surface area contributed by atoms with Crippen LogP contribution in [0.2, 0.25) is 0 Å². The first kappa shape index (κ1) is 14.4. The molecule has 2 aromatic heterocycles. The van der Waals surface area contributed by atoms with Gasteiger partial charge in [0.25, 0.3) is 5.56 Å². The Labute approximate surface area is 118 Å². The van der Waals surface area contributed by atoms with Crippen molar-refractivity contribution in [2.45, 2.75) is 12.1 Å². The van der Waals surface area contributed by atoms with E-state index in [1.54, 1.807) is 0 Å². The average molecular weight is 315 g/mol. The quantitative estimate of drug-likeness (QED) is 0.514. The topological polar surface area (TPSA) is 142 Å². The summed E-state index contributed by atoms with van der Waals surface area (Å²) < 4.78 is 17.5. The molecule has 0 aromatic carbocycles. The third-order valence-electron chi connectivity index (χ3n) is 3.31. The molecule has 1 fully saturated rings. The molecule has 2 atom stereocenters. The lowest BCUT2D eigenvalue weighted by Crippen LogP contribution is -2.33. The zero-order valence-corrected chi connectivity index (χ0v) is 11.7. The fourth-order valence-corrected chi connectivity index (χ4v) is 2.74. The van der Waals surface area contributed by atoms with E-state index in [2.05, 4.69) is 20.3 Å². The van der Waals surface area contributed by atoms with Crippen LogP contribution in [0.3, 0.4) is 0 Å². The standard InChI is InChI=1S/C10H14N5O5P/c16-10-8-9(13-3-12-8)14-4-15(10)6-1-11-2-7(6)20-5-21(17,18)19/h3-4,6-7,11H,1-2,5H2,(H,12,13)(H2,17,18,19)/t6-,7+/m1/s1. The van der Waals surface area contributed by atoms with Gasteiger partial charge >= 0.3 is 7.60 Å². The van der Waals surface area contributed by atoms with Gasteiger partial charge in [-0.15, -0.1) is 0 Å². The minimum Gasteiger partial charge on any atom is -0.362 e. The van der Waals surface area contributed by atoms with Crippen LogP contribution in [0.4, 0.5) is 0 Å². The monoisotopic (exact) mass is 315 g/mol. The highest BCUT2D eigenvalue weighted by atomic mass is 31.2. The molecule has 10 nitrogen and oxygen atoms in total. The molecule has 21 heavy (non-hydrogen) atoms. The molecule has 0 spiro atoms. The predicted octanol–water partition coefficient (Wildman–Crippen LogP) is -1.22. The molecule has 3 heterocycles. The molecule has 1 aliphatic heterocycles. The number of nitrogens with one attached hydrogen (secondary N) is 2. The van der Waals surface area contributed by atoms with E-state index in [0.717, 1.165) is 0 Å². The number of hydrogen-bond acceptors (Lipinski definition) is 6. The maximum absolute atomic E-state index is 12.3. The molecule has 3 rings (SSSR count). The molecular weight excluding hydrogens is 301 g/mol. The number of rotatable bonds is 4. The Kier molecular flexibility index (Phi) is 3.64. The first-order valence-corrected chi connectivity index (χ1v) is 8.02. The van der Waals surface area contributed by atoms with E-state index in [0.29, 0.717) is 18.7 Å². The second kappa shape index (κ2) is 5.32. The average Bonchev–Trinajstić information content (AvgIpc) is 3.04. The van der Waals surface area contributed by atoms with E-state index in [1.807, 2.05) is 0 Å². The summed E-state index contributed by atoms with van der Waals surface area (Å²) in [6.07, 6.45) is 1.57. The van der Waals surface area contributed by atoms with Crippen molar-refractivity contribution >= 4 is 18.8 Å². The summed E-state index contributed by atoms with van der Waals surface area (Å²) in [6.45, 7) is 0.852. The second-order valence-electron chi connectivity index (χ2n) is 4.78. The first-order valence-electron chi connectivity index (χ1n) is 6.23. The predicted molar refractivity (Wildman–Crippen MR) is 71.8 cm³/mol. The van der Waals surface area contributed by atoms with Crippen molar-refractivity contribution in [1.29, 1.82) is 0 Å². The Morgan fingerprint density at radius 3 is 3.00 bits per heavy atom. The van der Waals surface area contributed by atoms with Crippen LogP contribution in [-0.2, 0) is 9.30 Å². The molecule has 2 aromatic rings. The highest BCUT2D eigenvalue weighted by Crippen LogP contribution is 2.35. The Bertz CT molecular complexity index is 752. The van der Waals surface area contributed by atoms with Gasteiger partial charge in [-0.05, 0) is 0 Å². The van der Waals surface area contributed by atoms with Gasteiger partial charge in [0.1, 0.15) is 12.7 Å².